The third-order valence-corrected chi connectivity index (χ3v) is 7.90. The molecule has 4 atom stereocenters. The Morgan fingerprint density at radius 1 is 1.13 bits per heavy atom. The van der Waals surface area contributed by atoms with Crippen LogP contribution in [0.3, 0.4) is 0 Å². The number of benzene rings is 2. The minimum Gasteiger partial charge on any atom is -0.508 e. The van der Waals surface area contributed by atoms with Crippen LogP contribution in [-0.2, 0) is 20.6 Å². The van der Waals surface area contributed by atoms with E-state index in [2.05, 4.69) is 16.9 Å². The lowest BCUT2D eigenvalue weighted by atomic mass is 9.89. The number of aryl methyl sites for hydroxylation is 2. The van der Waals surface area contributed by atoms with Crippen molar-refractivity contribution >= 4 is 28.5 Å². The first kappa shape index (κ1) is 33.3. The minimum atomic E-state index is -1.52. The molecule has 0 radical (unpaired) electrons. The molecule has 1 saturated heterocycles. The number of rotatable bonds is 9. The fourth-order valence-corrected chi connectivity index (χ4v) is 5.59. The standard InChI is InChI=1S/C34H36N2O11/c1-7-8-18-14-19(10-12-23(18)37)30(40)36-24-25(38)21-15-20(13-16(2)27(21)45-32(24)42)44-33-26(39)28(29(43-6)34(4,5)47-33)46-31(41)22-11-9-17(3)35-22/h7,9-15,26,28-29,33,35,37-39H,1,8H2,2-6H3,(H,36,40)/t26-,28-,29+,33-/m1/s1. The quantitative estimate of drug-likeness (QED) is 0.0991. The Balaban J connectivity index is 1.44. The molecule has 13 nitrogen and oxygen atoms in total. The van der Waals surface area contributed by atoms with E-state index in [0.717, 1.165) is 5.69 Å². The Bertz CT molecular complexity index is 1910. The van der Waals surface area contributed by atoms with Gasteiger partial charge in [-0.2, -0.15) is 0 Å². The van der Waals surface area contributed by atoms with Crippen LogP contribution >= 0.6 is 0 Å². The molecule has 3 heterocycles. The van der Waals surface area contributed by atoms with E-state index in [1.807, 2.05) is 0 Å². The summed E-state index contributed by atoms with van der Waals surface area (Å²) < 4.78 is 28.9. The predicted molar refractivity (Wildman–Crippen MR) is 170 cm³/mol. The topological polar surface area (TPSA) is 190 Å². The van der Waals surface area contributed by atoms with Crippen molar-refractivity contribution < 1.29 is 48.3 Å². The number of nitrogens with one attached hydrogen (secondary N) is 2. The van der Waals surface area contributed by atoms with Gasteiger partial charge in [-0.05, 0) is 87.7 Å². The number of esters is 1. The van der Waals surface area contributed by atoms with Crippen LogP contribution in [0.5, 0.6) is 17.2 Å². The summed E-state index contributed by atoms with van der Waals surface area (Å²) in [7, 11) is 1.41. The van der Waals surface area contributed by atoms with E-state index in [1.165, 1.54) is 37.4 Å². The van der Waals surface area contributed by atoms with Gasteiger partial charge in [-0.1, -0.05) is 6.08 Å². The molecule has 1 aliphatic heterocycles. The second-order valence-corrected chi connectivity index (χ2v) is 11.8. The van der Waals surface area contributed by atoms with Gasteiger partial charge < -0.3 is 49.0 Å². The number of hydrogen-bond donors (Lipinski definition) is 5. The molecule has 2 aromatic carbocycles. The highest BCUT2D eigenvalue weighted by molar-refractivity contribution is 6.06. The number of H-pyrrole nitrogens is 1. The molecule has 4 aromatic rings. The van der Waals surface area contributed by atoms with Crippen LogP contribution < -0.4 is 15.7 Å². The first-order chi connectivity index (χ1) is 22.2. The van der Waals surface area contributed by atoms with Gasteiger partial charge in [0.15, 0.2) is 23.6 Å². The number of aliphatic hydroxyl groups excluding tert-OH is 1. The Morgan fingerprint density at radius 2 is 1.87 bits per heavy atom. The minimum absolute atomic E-state index is 0.0224. The lowest BCUT2D eigenvalue weighted by Gasteiger charge is -2.47. The number of phenols is 1. The zero-order chi connectivity index (χ0) is 34.2. The molecule has 5 N–H and O–H groups in total. The summed E-state index contributed by atoms with van der Waals surface area (Å²) in [5.74, 6) is -1.94. The van der Waals surface area contributed by atoms with Crippen LogP contribution in [0, 0.1) is 13.8 Å². The van der Waals surface area contributed by atoms with Gasteiger partial charge in [-0.3, -0.25) is 4.79 Å². The lowest BCUT2D eigenvalue weighted by Crippen LogP contribution is -2.65. The largest absolute Gasteiger partial charge is 0.508 e. The Kier molecular flexibility index (Phi) is 9.16. The van der Waals surface area contributed by atoms with E-state index >= 15 is 0 Å². The van der Waals surface area contributed by atoms with E-state index in [4.69, 9.17) is 23.4 Å². The van der Waals surface area contributed by atoms with Crippen molar-refractivity contribution in [1.82, 2.24) is 4.98 Å². The number of carbonyl (C=O) groups is 2. The van der Waals surface area contributed by atoms with E-state index in [9.17, 15) is 29.7 Å². The number of methoxy groups -OCH3 is 1. The molecule has 1 amide bonds. The maximum absolute atomic E-state index is 13.0. The molecule has 13 heteroatoms. The number of ether oxygens (including phenoxy) is 4. The van der Waals surface area contributed by atoms with Gasteiger partial charge in [-0.25, -0.2) is 9.59 Å². The summed E-state index contributed by atoms with van der Waals surface area (Å²) in [5, 5.41) is 35.0. The molecule has 248 valence electrons. The average Bonchev–Trinajstić information content (AvgIpc) is 3.45. The number of aliphatic hydroxyl groups is 1. The zero-order valence-electron chi connectivity index (χ0n) is 26.5. The molecule has 0 bridgehead atoms. The highest BCUT2D eigenvalue weighted by atomic mass is 16.7. The second kappa shape index (κ2) is 12.9. The molecule has 1 aliphatic rings. The van der Waals surface area contributed by atoms with Gasteiger partial charge >= 0.3 is 11.6 Å². The number of allylic oxidation sites excluding steroid dienone is 1. The maximum atomic E-state index is 13.0. The molecule has 0 saturated carbocycles. The van der Waals surface area contributed by atoms with Crippen LogP contribution in [0.15, 0.2) is 64.3 Å². The molecule has 47 heavy (non-hydrogen) atoms. The number of aromatic nitrogens is 1. The Labute approximate surface area is 269 Å². The first-order valence-electron chi connectivity index (χ1n) is 14.7. The van der Waals surface area contributed by atoms with Gasteiger partial charge in [-0.15, -0.1) is 6.58 Å². The molecule has 0 spiro atoms. The number of fused-ring (bicyclic) bond motifs is 1. The van der Waals surface area contributed by atoms with Crippen molar-refractivity contribution in [2.75, 3.05) is 12.4 Å². The Morgan fingerprint density at radius 3 is 2.53 bits per heavy atom. The third kappa shape index (κ3) is 6.59. The average molecular weight is 649 g/mol. The Hall–Kier alpha value is -5.11. The summed E-state index contributed by atoms with van der Waals surface area (Å²) in [6.07, 6.45) is -3.09. The van der Waals surface area contributed by atoms with Gasteiger partial charge in [0.1, 0.15) is 28.9 Å². The normalized spacial score (nSPS) is 20.5. The van der Waals surface area contributed by atoms with Gasteiger partial charge in [0.2, 0.25) is 6.29 Å². The first-order valence-corrected chi connectivity index (χ1v) is 14.7. The van der Waals surface area contributed by atoms with Crippen molar-refractivity contribution in [3.05, 3.63) is 93.6 Å². The summed E-state index contributed by atoms with van der Waals surface area (Å²) in [5.41, 5.74) is -0.675. The van der Waals surface area contributed by atoms with Crippen molar-refractivity contribution in [2.45, 2.75) is 64.3 Å². The fourth-order valence-electron chi connectivity index (χ4n) is 5.59. The van der Waals surface area contributed by atoms with Crippen LogP contribution in [-0.4, -0.2) is 69.5 Å². The SMILES string of the molecule is C=CCc1cc(C(=O)Nc2c(O)c3cc(O[C@@H]4OC(C)(C)[C@@H](OC)[C@H](OC(=O)c5ccc(C)[nH]5)[C@H]4O)cc(C)c3oc2=O)ccc1O. The third-order valence-electron chi connectivity index (χ3n) is 7.90. The van der Waals surface area contributed by atoms with Crippen LogP contribution in [0.2, 0.25) is 0 Å². The monoisotopic (exact) mass is 648 g/mol. The highest BCUT2D eigenvalue weighted by Crippen LogP contribution is 2.38. The smallest absolute Gasteiger partial charge is 0.364 e. The maximum Gasteiger partial charge on any atom is 0.364 e. The van der Waals surface area contributed by atoms with Gasteiger partial charge in [0, 0.05) is 18.4 Å². The number of amides is 1. The summed E-state index contributed by atoms with van der Waals surface area (Å²) >= 11 is 0. The number of hydrogen-bond acceptors (Lipinski definition) is 11. The number of aromatic amines is 1. The van der Waals surface area contributed by atoms with Crippen LogP contribution in [0.25, 0.3) is 11.0 Å². The zero-order valence-corrected chi connectivity index (χ0v) is 26.5. The number of phenolic OH excluding ortho intramolecular Hbond substituents is 1. The van der Waals surface area contributed by atoms with Crippen molar-refractivity contribution in [2.24, 2.45) is 0 Å². The van der Waals surface area contributed by atoms with Crippen LogP contribution in [0.4, 0.5) is 5.69 Å². The molecular weight excluding hydrogens is 612 g/mol. The molecule has 5 rings (SSSR count). The molecular formula is C34H36N2O11. The molecule has 1 fully saturated rings. The fraction of sp³-hybridized carbons (Fsp3) is 0.324. The second-order valence-electron chi connectivity index (χ2n) is 11.8. The van der Waals surface area contributed by atoms with Crippen LogP contribution in [0.1, 0.15) is 51.5 Å². The lowest BCUT2D eigenvalue weighted by molar-refractivity contribution is -0.305. The molecule has 0 aliphatic carbocycles. The van der Waals surface area contributed by atoms with Crippen molar-refractivity contribution in [3.63, 3.8) is 0 Å². The van der Waals surface area contributed by atoms with E-state index in [0.29, 0.717) is 17.5 Å². The highest BCUT2D eigenvalue weighted by Gasteiger charge is 2.53. The van der Waals surface area contributed by atoms with E-state index in [-0.39, 0.29) is 33.7 Å². The summed E-state index contributed by atoms with van der Waals surface area (Å²) in [6, 6.07) is 10.3. The number of aromatic hydroxyl groups is 2. The van der Waals surface area contributed by atoms with Crippen molar-refractivity contribution in [1.29, 1.82) is 0 Å². The predicted octanol–water partition coefficient (Wildman–Crippen LogP) is 4.25. The molecule has 0 unspecified atom stereocenters. The van der Waals surface area contributed by atoms with E-state index in [1.54, 1.807) is 45.9 Å². The summed E-state index contributed by atoms with van der Waals surface area (Å²) in [6.45, 7) is 10.4. The number of anilines is 1. The molecule has 2 aromatic heterocycles. The van der Waals surface area contributed by atoms with Crippen molar-refractivity contribution in [3.8, 4) is 17.2 Å². The van der Waals surface area contributed by atoms with Gasteiger partial charge in [0.05, 0.1) is 11.0 Å². The summed E-state index contributed by atoms with van der Waals surface area (Å²) in [4.78, 5) is 41.7. The number of carbonyl (C=O) groups excluding carboxylic acids is 2. The van der Waals surface area contributed by atoms with Gasteiger partial charge in [0.25, 0.3) is 5.91 Å². The van der Waals surface area contributed by atoms with E-state index < -0.39 is 59.1 Å².